The summed E-state index contributed by atoms with van der Waals surface area (Å²) >= 11 is 1.66. The first-order valence-electron chi connectivity index (χ1n) is 10.5. The molecule has 14 heteroatoms. The van der Waals surface area contributed by atoms with Gasteiger partial charge in [0.05, 0.1) is 26.5 Å². The number of amides is 2. The van der Waals surface area contributed by atoms with Crippen LogP contribution >= 0.6 is 23.5 Å². The second-order valence-electron chi connectivity index (χ2n) is 7.60. The van der Waals surface area contributed by atoms with E-state index in [2.05, 4.69) is 15.5 Å². The molecule has 0 radical (unpaired) electrons. The fraction of sp³-hybridized carbons (Fsp3) is 0.182. The highest BCUT2D eigenvalue weighted by atomic mass is 32.2. The molecule has 1 aromatic heterocycles. The number of aromatic nitrogens is 4. The number of carbonyl (C=O) groups is 3. The molecule has 1 aliphatic heterocycles. The number of rotatable bonds is 8. The maximum atomic E-state index is 12.7. The summed E-state index contributed by atoms with van der Waals surface area (Å²) in [7, 11) is 0. The molecule has 0 atom stereocenters. The number of thioether (sulfide) groups is 1. The molecule has 1 fully saturated rings. The molecule has 2 heterocycles. The highest BCUT2D eigenvalue weighted by Crippen LogP contribution is 2.37. The number of imide groups is 1. The van der Waals surface area contributed by atoms with E-state index in [0.717, 1.165) is 16.7 Å². The van der Waals surface area contributed by atoms with Crippen LogP contribution in [0.15, 0.2) is 63.5 Å². The van der Waals surface area contributed by atoms with E-state index in [4.69, 9.17) is 4.74 Å². The molecule has 2 aromatic carbocycles. The lowest BCUT2D eigenvalue weighted by Crippen LogP contribution is -2.35. The van der Waals surface area contributed by atoms with Gasteiger partial charge in [0.15, 0.2) is 0 Å². The molecular weight excluding hydrogens is 508 g/mol. The number of ether oxygens (including phenoxy) is 1. The number of nitrogens with zero attached hydrogens (tertiary/aromatic N) is 6. The van der Waals surface area contributed by atoms with Gasteiger partial charge < -0.3 is 4.74 Å². The smallest absolute Gasteiger partial charge is 0.326 e. The van der Waals surface area contributed by atoms with Crippen LogP contribution in [0.1, 0.15) is 19.4 Å². The highest BCUT2D eigenvalue weighted by Gasteiger charge is 2.37. The van der Waals surface area contributed by atoms with Crippen molar-refractivity contribution >= 4 is 52.4 Å². The van der Waals surface area contributed by atoms with Crippen LogP contribution in [0.4, 0.5) is 10.5 Å². The minimum atomic E-state index is -0.705. The van der Waals surface area contributed by atoms with Gasteiger partial charge in [0.2, 0.25) is 5.16 Å². The van der Waals surface area contributed by atoms with Crippen molar-refractivity contribution in [2.45, 2.75) is 30.0 Å². The van der Waals surface area contributed by atoms with Crippen LogP contribution in [-0.2, 0) is 14.3 Å². The van der Waals surface area contributed by atoms with Crippen LogP contribution in [0.25, 0.3) is 11.8 Å². The monoisotopic (exact) mass is 526 g/mol. The van der Waals surface area contributed by atoms with E-state index in [0.29, 0.717) is 28.2 Å². The lowest BCUT2D eigenvalue weighted by molar-refractivity contribution is -0.387. The molecule has 36 heavy (non-hydrogen) atoms. The standard InChI is InChI=1S/C22H18N6O6S2/c1-13(2)34-19(29)12-26-20(30)18(36-22(26)31)11-14-8-9-17(16(10-14)28(32)33)35-21-23-24-25-27(21)15-6-4-3-5-7-15/h3-11,13H,12H2,1-2H3/b18-11-. The molecule has 2 amide bonds. The van der Waals surface area contributed by atoms with E-state index in [1.54, 1.807) is 32.0 Å². The first kappa shape index (κ1) is 25.1. The van der Waals surface area contributed by atoms with E-state index in [-0.39, 0.29) is 21.6 Å². The van der Waals surface area contributed by atoms with Gasteiger partial charge >= 0.3 is 5.97 Å². The van der Waals surface area contributed by atoms with Crippen molar-refractivity contribution in [1.29, 1.82) is 0 Å². The number of para-hydroxylation sites is 1. The van der Waals surface area contributed by atoms with Crippen LogP contribution < -0.4 is 0 Å². The number of benzene rings is 2. The Morgan fingerprint density at radius 1 is 1.22 bits per heavy atom. The summed E-state index contributed by atoms with van der Waals surface area (Å²) in [4.78, 5) is 49.1. The molecule has 0 aliphatic carbocycles. The van der Waals surface area contributed by atoms with Gasteiger partial charge in [0, 0.05) is 6.07 Å². The Balaban J connectivity index is 1.57. The lowest BCUT2D eigenvalue weighted by Gasteiger charge is -2.13. The van der Waals surface area contributed by atoms with Crippen LogP contribution in [0.3, 0.4) is 0 Å². The molecule has 184 valence electrons. The van der Waals surface area contributed by atoms with E-state index in [1.807, 2.05) is 18.2 Å². The topological polar surface area (TPSA) is 150 Å². The minimum Gasteiger partial charge on any atom is -0.462 e. The van der Waals surface area contributed by atoms with Crippen molar-refractivity contribution in [3.63, 3.8) is 0 Å². The van der Waals surface area contributed by atoms with Crippen molar-refractivity contribution in [3.8, 4) is 5.69 Å². The number of nitro benzene ring substituents is 1. The average molecular weight is 527 g/mol. The van der Waals surface area contributed by atoms with Crippen molar-refractivity contribution in [2.75, 3.05) is 6.54 Å². The number of tetrazole rings is 1. The molecule has 0 unspecified atom stereocenters. The SMILES string of the molecule is CC(C)OC(=O)CN1C(=O)S/C(=C\c2ccc(Sc3nnnn3-c3ccccc3)c([N+](=O)[O-])c2)C1=O. The minimum absolute atomic E-state index is 0.0417. The zero-order valence-corrected chi connectivity index (χ0v) is 20.6. The highest BCUT2D eigenvalue weighted by molar-refractivity contribution is 8.18. The van der Waals surface area contributed by atoms with E-state index in [9.17, 15) is 24.5 Å². The third kappa shape index (κ3) is 5.60. The Kier molecular flexibility index (Phi) is 7.45. The Bertz CT molecular complexity index is 1370. The predicted octanol–water partition coefficient (Wildman–Crippen LogP) is 3.71. The van der Waals surface area contributed by atoms with Crippen LogP contribution in [-0.4, -0.2) is 59.8 Å². The molecule has 0 spiro atoms. The van der Waals surface area contributed by atoms with Crippen LogP contribution in [0, 0.1) is 10.1 Å². The van der Waals surface area contributed by atoms with Gasteiger partial charge in [-0.15, -0.1) is 5.10 Å². The summed E-state index contributed by atoms with van der Waals surface area (Å²) in [5.74, 6) is -1.38. The van der Waals surface area contributed by atoms with Crippen molar-refractivity contribution in [1.82, 2.24) is 25.1 Å². The zero-order chi connectivity index (χ0) is 25.8. The molecule has 3 aromatic rings. The van der Waals surface area contributed by atoms with Gasteiger partial charge in [0.1, 0.15) is 6.54 Å². The van der Waals surface area contributed by atoms with E-state index < -0.39 is 28.6 Å². The largest absolute Gasteiger partial charge is 0.462 e. The molecule has 0 N–H and O–H groups in total. The summed E-state index contributed by atoms with van der Waals surface area (Å²) in [6, 6.07) is 13.5. The zero-order valence-electron chi connectivity index (χ0n) is 18.9. The Morgan fingerprint density at radius 2 is 1.97 bits per heavy atom. The average Bonchev–Trinajstić information content (AvgIpc) is 3.40. The third-order valence-corrected chi connectivity index (χ3v) is 6.56. The summed E-state index contributed by atoms with van der Waals surface area (Å²) in [6.07, 6.45) is 0.982. The number of esters is 1. The molecule has 0 saturated carbocycles. The van der Waals surface area contributed by atoms with Gasteiger partial charge in [-0.3, -0.25) is 29.4 Å². The third-order valence-electron chi connectivity index (χ3n) is 4.65. The quantitative estimate of drug-likeness (QED) is 0.183. The Hall–Kier alpha value is -4.04. The number of hydrogen-bond acceptors (Lipinski definition) is 11. The van der Waals surface area contributed by atoms with Crippen LogP contribution in [0.2, 0.25) is 0 Å². The second kappa shape index (κ2) is 10.7. The maximum absolute atomic E-state index is 12.7. The number of carbonyl (C=O) groups excluding carboxylic acids is 3. The van der Waals surface area contributed by atoms with Crippen molar-refractivity contribution < 1.29 is 24.0 Å². The molecule has 12 nitrogen and oxygen atoms in total. The molecule has 4 rings (SSSR count). The molecular formula is C22H18N6O6S2. The fourth-order valence-corrected chi connectivity index (χ4v) is 4.86. The first-order valence-corrected chi connectivity index (χ1v) is 12.1. The second-order valence-corrected chi connectivity index (χ2v) is 9.60. The van der Waals surface area contributed by atoms with E-state index in [1.165, 1.54) is 22.9 Å². The summed E-state index contributed by atoms with van der Waals surface area (Å²) in [6.45, 7) is 2.80. The van der Waals surface area contributed by atoms with Gasteiger partial charge in [-0.25, -0.2) is 0 Å². The van der Waals surface area contributed by atoms with Crippen molar-refractivity contribution in [2.24, 2.45) is 0 Å². The predicted molar refractivity (Wildman–Crippen MR) is 130 cm³/mol. The van der Waals surface area contributed by atoms with Gasteiger partial charge in [-0.05, 0) is 77.6 Å². The number of nitro groups is 1. The molecule has 0 bridgehead atoms. The maximum Gasteiger partial charge on any atom is 0.326 e. The Labute approximate surface area is 212 Å². The van der Waals surface area contributed by atoms with Crippen molar-refractivity contribution in [3.05, 3.63) is 69.1 Å². The van der Waals surface area contributed by atoms with Gasteiger partial charge in [0.25, 0.3) is 16.8 Å². The first-order chi connectivity index (χ1) is 17.2. The molecule has 1 saturated heterocycles. The van der Waals surface area contributed by atoms with Gasteiger partial charge in [-0.1, -0.05) is 24.3 Å². The number of hydrogen-bond donors (Lipinski definition) is 0. The van der Waals surface area contributed by atoms with Crippen LogP contribution in [0.5, 0.6) is 0 Å². The summed E-state index contributed by atoms with van der Waals surface area (Å²) in [5.41, 5.74) is 0.803. The lowest BCUT2D eigenvalue weighted by atomic mass is 10.2. The van der Waals surface area contributed by atoms with Gasteiger partial charge in [-0.2, -0.15) is 4.68 Å². The Morgan fingerprint density at radius 3 is 2.67 bits per heavy atom. The summed E-state index contributed by atoms with van der Waals surface area (Å²) in [5, 5.41) is 23.1. The summed E-state index contributed by atoms with van der Waals surface area (Å²) < 4.78 is 6.45. The fourth-order valence-electron chi connectivity index (χ4n) is 3.14. The van der Waals surface area contributed by atoms with E-state index >= 15 is 0 Å². The molecule has 1 aliphatic rings. The normalized spacial score (nSPS) is 14.6.